The number of esters is 1. The molecule has 0 aromatic rings. The third-order valence-electron chi connectivity index (χ3n) is 0.550. The molecule has 0 saturated carbocycles. The normalized spacial score (nSPS) is 9.78. The van der Waals surface area contributed by atoms with Crippen molar-refractivity contribution >= 4 is 5.97 Å². The van der Waals surface area contributed by atoms with Gasteiger partial charge in [-0.2, -0.15) is 0 Å². The summed E-state index contributed by atoms with van der Waals surface area (Å²) in [5.41, 5.74) is 0. The number of carbonyl (C=O) groups is 1. The summed E-state index contributed by atoms with van der Waals surface area (Å²) in [6.45, 7) is 3.03. The predicted molar refractivity (Wildman–Crippen MR) is 29.3 cm³/mol. The third kappa shape index (κ3) is 5.26. The lowest BCUT2D eigenvalue weighted by Crippen LogP contribution is -2.16. The van der Waals surface area contributed by atoms with Gasteiger partial charge in [0.25, 0.3) is 0 Å². The van der Waals surface area contributed by atoms with Gasteiger partial charge in [0, 0.05) is 5.90 Å². The van der Waals surface area contributed by atoms with Gasteiger partial charge >= 0.3 is 5.97 Å². The van der Waals surface area contributed by atoms with Gasteiger partial charge in [-0.25, -0.2) is 4.79 Å². The molecule has 0 rings (SSSR count). The number of ether oxygens (including phenoxy) is 1. The van der Waals surface area contributed by atoms with Gasteiger partial charge in [0.15, 0.2) is 6.61 Å². The fourth-order valence-corrected chi connectivity index (χ4v) is 0.350. The van der Waals surface area contributed by atoms with E-state index in [0.717, 1.165) is 0 Å². The van der Waals surface area contributed by atoms with Crippen molar-refractivity contribution in [3.8, 4) is 0 Å². The third-order valence-corrected chi connectivity index (χ3v) is 0.550. The van der Waals surface area contributed by atoms with Crippen molar-refractivity contribution in [3.63, 3.8) is 0 Å². The summed E-state index contributed by atoms with van der Waals surface area (Å²) in [5, 5.41) is 0. The summed E-state index contributed by atoms with van der Waals surface area (Å²) < 4.78 is 4.57. The van der Waals surface area contributed by atoms with Gasteiger partial charge in [-0.15, -0.1) is 0 Å². The molecule has 0 bridgehead atoms. The van der Waals surface area contributed by atoms with Crippen molar-refractivity contribution in [2.45, 2.75) is 20.0 Å². The van der Waals surface area contributed by atoms with E-state index in [9.17, 15) is 4.79 Å². The summed E-state index contributed by atoms with van der Waals surface area (Å²) in [4.78, 5) is 13.9. The molecule has 0 aliphatic heterocycles. The van der Waals surface area contributed by atoms with Crippen LogP contribution in [-0.4, -0.2) is 18.7 Å². The molecule has 0 aliphatic carbocycles. The molecule has 52 valence electrons. The lowest BCUT2D eigenvalue weighted by atomic mass is 10.5. The van der Waals surface area contributed by atoms with Gasteiger partial charge in [0.2, 0.25) is 0 Å². The standard InChI is InChI=1S/C5H9NO3/c1-4(2)9-5(7)3-8-6/h4H,3H2,1-2H3. The van der Waals surface area contributed by atoms with Gasteiger partial charge in [0.1, 0.15) is 0 Å². The predicted octanol–water partition coefficient (Wildman–Crippen LogP) is -0.0617. The van der Waals surface area contributed by atoms with Crippen LogP contribution in [0.15, 0.2) is 0 Å². The first-order valence-electron chi connectivity index (χ1n) is 2.62. The van der Waals surface area contributed by atoms with Gasteiger partial charge in [-0.3, -0.25) is 4.84 Å². The fraction of sp³-hybridized carbons (Fsp3) is 0.800. The number of carbonyl (C=O) groups excluding carboxylic acids is 1. The number of hydrogen-bond acceptors (Lipinski definition) is 3. The van der Waals surface area contributed by atoms with E-state index >= 15 is 0 Å². The van der Waals surface area contributed by atoms with Crippen molar-refractivity contribution < 1.29 is 14.4 Å². The second kappa shape index (κ2) is 4.29. The summed E-state index contributed by atoms with van der Waals surface area (Å²) in [6.07, 6.45) is -0.160. The monoisotopic (exact) mass is 131 g/mol. The van der Waals surface area contributed by atoms with Crippen molar-refractivity contribution in [2.75, 3.05) is 6.61 Å². The second-order valence-electron chi connectivity index (χ2n) is 1.81. The number of nitrogens with zero attached hydrogens (tertiary/aromatic N) is 1. The lowest BCUT2D eigenvalue weighted by Gasteiger charge is -2.04. The molecule has 0 heterocycles. The molecule has 0 unspecified atom stereocenters. The van der Waals surface area contributed by atoms with E-state index in [0.29, 0.717) is 0 Å². The van der Waals surface area contributed by atoms with Gasteiger partial charge in [-0.1, -0.05) is 0 Å². The Hall–Kier alpha value is -0.610. The van der Waals surface area contributed by atoms with Crippen LogP contribution in [0.5, 0.6) is 0 Å². The Bertz CT molecular complexity index is 92.2. The largest absolute Gasteiger partial charge is 0.461 e. The Morgan fingerprint density at radius 3 is 2.56 bits per heavy atom. The zero-order chi connectivity index (χ0) is 7.28. The van der Waals surface area contributed by atoms with Gasteiger partial charge in [0.05, 0.1) is 6.10 Å². The number of rotatable bonds is 3. The van der Waals surface area contributed by atoms with E-state index in [1.54, 1.807) is 13.8 Å². The van der Waals surface area contributed by atoms with E-state index in [1.165, 1.54) is 0 Å². The minimum absolute atomic E-state index is 0.160. The molecule has 0 aliphatic rings. The van der Waals surface area contributed by atoms with Crippen molar-refractivity contribution in [1.82, 2.24) is 5.90 Å². The Balaban J connectivity index is 3.27. The highest BCUT2D eigenvalue weighted by Gasteiger charge is 2.03. The first kappa shape index (κ1) is 8.39. The van der Waals surface area contributed by atoms with Gasteiger partial charge < -0.3 is 4.74 Å². The molecular formula is C5H9NO3. The van der Waals surface area contributed by atoms with E-state index in [2.05, 4.69) is 9.57 Å². The molecule has 0 atom stereocenters. The molecule has 0 saturated heterocycles. The fourth-order valence-electron chi connectivity index (χ4n) is 0.350. The summed E-state index contributed by atoms with van der Waals surface area (Å²) in [6, 6.07) is 0. The maximum Gasteiger partial charge on any atom is 0.334 e. The highest BCUT2D eigenvalue weighted by Crippen LogP contribution is 1.87. The van der Waals surface area contributed by atoms with E-state index in [1.807, 2.05) is 0 Å². The molecule has 4 heteroatoms. The molecule has 9 heavy (non-hydrogen) atoms. The molecular weight excluding hydrogens is 122 g/mol. The Morgan fingerprint density at radius 1 is 1.67 bits per heavy atom. The summed E-state index contributed by atoms with van der Waals surface area (Å²) in [7, 11) is 0. The zero-order valence-electron chi connectivity index (χ0n) is 5.46. The van der Waals surface area contributed by atoms with Crippen LogP contribution < -0.4 is 5.90 Å². The van der Waals surface area contributed by atoms with Crippen LogP contribution in [0.3, 0.4) is 0 Å². The smallest absolute Gasteiger partial charge is 0.334 e. The number of hydrogen-bond donors (Lipinski definition) is 0. The lowest BCUT2D eigenvalue weighted by molar-refractivity contribution is -0.153. The highest BCUT2D eigenvalue weighted by molar-refractivity contribution is 5.70. The van der Waals surface area contributed by atoms with Crippen LogP contribution in [0.4, 0.5) is 0 Å². The molecule has 0 spiro atoms. The minimum Gasteiger partial charge on any atom is -0.461 e. The summed E-state index contributed by atoms with van der Waals surface area (Å²) in [5.74, 6) is 7.19. The molecule has 4 nitrogen and oxygen atoms in total. The zero-order valence-corrected chi connectivity index (χ0v) is 5.46. The Morgan fingerprint density at radius 2 is 2.22 bits per heavy atom. The van der Waals surface area contributed by atoms with Crippen LogP contribution in [0.1, 0.15) is 13.8 Å². The molecule has 0 N–H and O–H groups in total. The minimum atomic E-state index is -0.562. The van der Waals surface area contributed by atoms with E-state index in [4.69, 9.17) is 5.90 Å². The SMILES string of the molecule is CC(C)OC(=O)CO[N]. The van der Waals surface area contributed by atoms with Crippen molar-refractivity contribution in [2.24, 2.45) is 0 Å². The molecule has 0 aromatic heterocycles. The highest BCUT2D eigenvalue weighted by atomic mass is 16.6. The first-order chi connectivity index (χ1) is 4.16. The Labute approximate surface area is 53.9 Å². The molecule has 0 aromatic carbocycles. The maximum atomic E-state index is 10.3. The maximum absolute atomic E-state index is 10.3. The summed E-state index contributed by atoms with van der Waals surface area (Å²) >= 11 is 0. The van der Waals surface area contributed by atoms with Crippen LogP contribution in [0.2, 0.25) is 0 Å². The van der Waals surface area contributed by atoms with Gasteiger partial charge in [-0.05, 0) is 13.8 Å². The van der Waals surface area contributed by atoms with Crippen LogP contribution in [0, 0.1) is 0 Å². The first-order valence-corrected chi connectivity index (χ1v) is 2.62. The molecule has 0 amide bonds. The quantitative estimate of drug-likeness (QED) is 0.398. The van der Waals surface area contributed by atoms with Crippen molar-refractivity contribution in [1.29, 1.82) is 0 Å². The topological polar surface area (TPSA) is 57.8 Å². The average molecular weight is 131 g/mol. The van der Waals surface area contributed by atoms with E-state index in [-0.39, 0.29) is 6.10 Å². The van der Waals surface area contributed by atoms with E-state index < -0.39 is 12.6 Å². The molecule has 0 fully saturated rings. The van der Waals surface area contributed by atoms with Crippen LogP contribution in [-0.2, 0) is 14.4 Å². The van der Waals surface area contributed by atoms with Crippen LogP contribution in [0.25, 0.3) is 0 Å². The Kier molecular flexibility index (Phi) is 4.00. The second-order valence-corrected chi connectivity index (χ2v) is 1.81. The van der Waals surface area contributed by atoms with Crippen LogP contribution >= 0.6 is 0 Å². The van der Waals surface area contributed by atoms with Crippen molar-refractivity contribution in [3.05, 3.63) is 0 Å². The molecule has 2 radical (unpaired) electrons. The average Bonchev–Trinajstić information content (AvgIpc) is 1.63.